The zero-order valence-corrected chi connectivity index (χ0v) is 15.5. The quantitative estimate of drug-likeness (QED) is 0.604. The molecule has 0 aromatic heterocycles. The maximum atomic E-state index is 15.0. The molecular weight excluding hydrogens is 377 g/mol. The SMILES string of the molecule is O=C(C1(F)CC1Cc1ccc(Cl)cc1)C1(F)CC1Cc1ccc(Cl)cc1. The monoisotopic (exact) mass is 394 g/mol. The lowest BCUT2D eigenvalue weighted by molar-refractivity contribution is -0.133. The number of benzene rings is 2. The molecule has 0 spiro atoms. The zero-order valence-electron chi connectivity index (χ0n) is 14.0. The van der Waals surface area contributed by atoms with Crippen molar-refractivity contribution in [2.75, 3.05) is 0 Å². The molecule has 2 aliphatic carbocycles. The van der Waals surface area contributed by atoms with Gasteiger partial charge in [0.05, 0.1) is 0 Å². The Morgan fingerprint density at radius 2 is 1.15 bits per heavy atom. The number of alkyl halides is 2. The third kappa shape index (κ3) is 3.27. The van der Waals surface area contributed by atoms with Gasteiger partial charge in [0.25, 0.3) is 0 Å². The molecule has 2 aliphatic rings. The number of Topliss-reactive ketones (excluding diaryl/α,β-unsaturated/α-hetero) is 1. The Hall–Kier alpha value is -1.45. The number of hydrogen-bond acceptors (Lipinski definition) is 1. The van der Waals surface area contributed by atoms with Crippen LogP contribution in [0.5, 0.6) is 0 Å². The van der Waals surface area contributed by atoms with Gasteiger partial charge in [0.15, 0.2) is 11.3 Å². The standard InChI is InChI=1S/C21H18Cl2F2O/c22-17-5-1-13(2-6-17)9-15-11-20(15,24)19(26)21(25)12-16(21)10-14-3-7-18(23)8-4-14/h1-8,15-16H,9-12H2. The van der Waals surface area contributed by atoms with E-state index < -0.39 is 29.0 Å². The molecule has 0 saturated heterocycles. The molecule has 0 heterocycles. The first-order valence-corrected chi connectivity index (χ1v) is 9.48. The van der Waals surface area contributed by atoms with Crippen LogP contribution in [0.4, 0.5) is 8.78 Å². The predicted octanol–water partition coefficient (Wildman–Crippen LogP) is 5.80. The van der Waals surface area contributed by atoms with Gasteiger partial charge in [0.1, 0.15) is 0 Å². The van der Waals surface area contributed by atoms with Crippen LogP contribution in [0.1, 0.15) is 24.0 Å². The van der Waals surface area contributed by atoms with E-state index in [4.69, 9.17) is 23.2 Å². The van der Waals surface area contributed by atoms with E-state index in [1.54, 1.807) is 24.3 Å². The highest BCUT2D eigenvalue weighted by Gasteiger charge is 2.72. The third-order valence-corrected chi connectivity index (χ3v) is 6.11. The summed E-state index contributed by atoms with van der Waals surface area (Å²) in [5.41, 5.74) is -2.23. The largest absolute Gasteiger partial charge is 0.292 e. The Morgan fingerprint density at radius 3 is 1.50 bits per heavy atom. The number of carbonyl (C=O) groups excluding carboxylic acids is 1. The molecule has 0 N–H and O–H groups in total. The van der Waals surface area contributed by atoms with Gasteiger partial charge in [-0.05, 0) is 61.1 Å². The van der Waals surface area contributed by atoms with Crippen molar-refractivity contribution >= 4 is 29.0 Å². The topological polar surface area (TPSA) is 17.1 Å². The Balaban J connectivity index is 1.38. The van der Waals surface area contributed by atoms with Gasteiger partial charge in [-0.3, -0.25) is 4.79 Å². The Morgan fingerprint density at radius 1 is 0.808 bits per heavy atom. The molecule has 0 bridgehead atoms. The maximum Gasteiger partial charge on any atom is 0.207 e. The molecule has 2 aromatic rings. The van der Waals surface area contributed by atoms with Crippen molar-refractivity contribution in [3.05, 3.63) is 69.7 Å². The summed E-state index contributed by atoms with van der Waals surface area (Å²) < 4.78 is 30.0. The van der Waals surface area contributed by atoms with Crippen LogP contribution in [0.2, 0.25) is 10.0 Å². The van der Waals surface area contributed by atoms with E-state index in [2.05, 4.69) is 0 Å². The van der Waals surface area contributed by atoms with Crippen molar-refractivity contribution < 1.29 is 13.6 Å². The van der Waals surface area contributed by atoms with Crippen molar-refractivity contribution in [2.24, 2.45) is 11.8 Å². The fourth-order valence-electron chi connectivity index (χ4n) is 3.78. The molecule has 0 aliphatic heterocycles. The summed E-state index contributed by atoms with van der Waals surface area (Å²) >= 11 is 11.7. The van der Waals surface area contributed by atoms with E-state index in [-0.39, 0.29) is 12.8 Å². The van der Waals surface area contributed by atoms with Crippen LogP contribution in [-0.2, 0) is 17.6 Å². The molecule has 4 rings (SSSR count). The van der Waals surface area contributed by atoms with Crippen molar-refractivity contribution in [3.63, 3.8) is 0 Å². The summed E-state index contributed by atoms with van der Waals surface area (Å²) in [6.07, 6.45) is 1.07. The minimum absolute atomic E-state index is 0.105. The van der Waals surface area contributed by atoms with Gasteiger partial charge >= 0.3 is 0 Å². The second-order valence-corrected chi connectivity index (χ2v) is 8.39. The van der Waals surface area contributed by atoms with Crippen LogP contribution in [-0.4, -0.2) is 17.1 Å². The van der Waals surface area contributed by atoms with E-state index in [0.29, 0.717) is 22.9 Å². The first-order valence-electron chi connectivity index (χ1n) is 8.73. The molecule has 0 radical (unpaired) electrons. The normalized spacial score (nSPS) is 32.3. The Bertz CT molecular complexity index is 767. The Kier molecular flexibility index (Phi) is 4.36. The molecule has 2 saturated carbocycles. The minimum atomic E-state index is -2.02. The van der Waals surface area contributed by atoms with Crippen LogP contribution < -0.4 is 0 Å². The number of hydrogen-bond donors (Lipinski definition) is 0. The maximum absolute atomic E-state index is 15.0. The molecule has 4 atom stereocenters. The van der Waals surface area contributed by atoms with E-state index in [1.807, 2.05) is 24.3 Å². The highest BCUT2D eigenvalue weighted by atomic mass is 35.5. The molecule has 1 nitrogen and oxygen atoms in total. The summed E-state index contributed by atoms with van der Waals surface area (Å²) in [6.45, 7) is 0. The molecule has 0 amide bonds. The number of halogens is 4. The number of ketones is 1. The minimum Gasteiger partial charge on any atom is -0.292 e. The van der Waals surface area contributed by atoms with Gasteiger partial charge < -0.3 is 0 Å². The first-order chi connectivity index (χ1) is 12.3. The molecule has 2 aromatic carbocycles. The van der Waals surface area contributed by atoms with Gasteiger partial charge in [-0.2, -0.15) is 0 Å². The first kappa shape index (κ1) is 17.9. The van der Waals surface area contributed by atoms with Crippen LogP contribution in [0, 0.1) is 11.8 Å². The van der Waals surface area contributed by atoms with E-state index in [9.17, 15) is 13.6 Å². The summed E-state index contributed by atoms with van der Waals surface area (Å²) in [5, 5.41) is 1.22. The average molecular weight is 395 g/mol. The second kappa shape index (κ2) is 6.31. The molecule has 136 valence electrons. The van der Waals surface area contributed by atoms with Crippen LogP contribution >= 0.6 is 23.2 Å². The molecule has 2 fully saturated rings. The second-order valence-electron chi connectivity index (χ2n) is 7.52. The lowest BCUT2D eigenvalue weighted by Gasteiger charge is -2.12. The van der Waals surface area contributed by atoms with E-state index in [0.717, 1.165) is 11.1 Å². The van der Waals surface area contributed by atoms with Crippen LogP contribution in [0.25, 0.3) is 0 Å². The summed E-state index contributed by atoms with van der Waals surface area (Å²) in [4.78, 5) is 12.5. The third-order valence-electron chi connectivity index (χ3n) is 5.61. The van der Waals surface area contributed by atoms with E-state index in [1.165, 1.54) is 0 Å². The fourth-order valence-corrected chi connectivity index (χ4v) is 4.03. The van der Waals surface area contributed by atoms with Crippen molar-refractivity contribution in [1.29, 1.82) is 0 Å². The fraction of sp³-hybridized carbons (Fsp3) is 0.381. The summed E-state index contributed by atoms with van der Waals surface area (Å²) in [6, 6.07) is 14.2. The highest BCUT2D eigenvalue weighted by molar-refractivity contribution is 6.30. The van der Waals surface area contributed by atoms with Crippen molar-refractivity contribution in [2.45, 2.75) is 37.0 Å². The zero-order chi connectivity index (χ0) is 18.5. The van der Waals surface area contributed by atoms with Crippen LogP contribution in [0.3, 0.4) is 0 Å². The van der Waals surface area contributed by atoms with Gasteiger partial charge in [-0.15, -0.1) is 0 Å². The molecule has 26 heavy (non-hydrogen) atoms. The summed E-state index contributed by atoms with van der Waals surface area (Å²) in [7, 11) is 0. The van der Waals surface area contributed by atoms with Gasteiger partial charge in [-0.1, -0.05) is 47.5 Å². The average Bonchev–Trinajstić information content (AvgIpc) is 3.48. The molecule has 4 unspecified atom stereocenters. The smallest absolute Gasteiger partial charge is 0.207 e. The van der Waals surface area contributed by atoms with Crippen molar-refractivity contribution in [3.8, 4) is 0 Å². The lowest BCUT2D eigenvalue weighted by Crippen LogP contribution is -2.33. The molecular formula is C21H18Cl2F2O. The predicted molar refractivity (Wildman–Crippen MR) is 99.2 cm³/mol. The van der Waals surface area contributed by atoms with Gasteiger partial charge in [-0.25, -0.2) is 8.78 Å². The molecule has 5 heteroatoms. The Labute approximate surface area is 161 Å². The van der Waals surface area contributed by atoms with Gasteiger partial charge in [0, 0.05) is 21.9 Å². The summed E-state index contributed by atoms with van der Waals surface area (Å²) in [5.74, 6) is -1.75. The number of rotatable bonds is 6. The highest BCUT2D eigenvalue weighted by Crippen LogP contribution is 2.60. The van der Waals surface area contributed by atoms with E-state index >= 15 is 0 Å². The van der Waals surface area contributed by atoms with Gasteiger partial charge in [0.2, 0.25) is 5.78 Å². The lowest BCUT2D eigenvalue weighted by atomic mass is 9.99. The van der Waals surface area contributed by atoms with Crippen LogP contribution in [0.15, 0.2) is 48.5 Å². The number of carbonyl (C=O) groups is 1. The van der Waals surface area contributed by atoms with Crippen molar-refractivity contribution in [1.82, 2.24) is 0 Å².